The van der Waals surface area contributed by atoms with Crippen LogP contribution in [0.3, 0.4) is 0 Å². The third-order valence-electron chi connectivity index (χ3n) is 9.36. The molecule has 1 unspecified atom stereocenters. The number of piperidine rings is 1. The average molecular weight is 711 g/mol. The monoisotopic (exact) mass is 710 g/mol. The van der Waals surface area contributed by atoms with Crippen LogP contribution in [0, 0.1) is 36.5 Å². The minimum Gasteiger partial charge on any atom is -0.399 e. The number of rotatable bonds is 8. The third kappa shape index (κ3) is 12.2. The van der Waals surface area contributed by atoms with Gasteiger partial charge in [-0.15, -0.1) is 0 Å². The van der Waals surface area contributed by atoms with Crippen molar-refractivity contribution in [1.29, 1.82) is 5.26 Å². The zero-order chi connectivity index (χ0) is 39.1. The van der Waals surface area contributed by atoms with Gasteiger partial charge in [-0.2, -0.15) is 18.4 Å². The van der Waals surface area contributed by atoms with E-state index in [0.717, 1.165) is 54.3 Å². The van der Waals surface area contributed by atoms with Crippen molar-refractivity contribution < 1.29 is 13.2 Å². The van der Waals surface area contributed by atoms with E-state index < -0.39 is 22.7 Å². The van der Waals surface area contributed by atoms with E-state index in [0.29, 0.717) is 17.8 Å². The van der Waals surface area contributed by atoms with Gasteiger partial charge in [0.2, 0.25) is 0 Å². The molecule has 1 saturated heterocycles. The summed E-state index contributed by atoms with van der Waals surface area (Å²) in [4.78, 5) is 2.30. The Morgan fingerprint density at radius 3 is 1.90 bits per heavy atom. The minimum absolute atomic E-state index is 0.269. The van der Waals surface area contributed by atoms with E-state index in [2.05, 4.69) is 93.7 Å². The number of hydrogen-bond donors (Lipinski definition) is 2. The fourth-order valence-corrected chi connectivity index (χ4v) is 6.21. The highest BCUT2D eigenvalue weighted by Gasteiger charge is 2.39. The Labute approximate surface area is 310 Å². The molecule has 1 atom stereocenters. The number of allylic oxidation sites excluding steroid dienone is 1. The van der Waals surface area contributed by atoms with E-state index in [9.17, 15) is 18.4 Å². The lowest BCUT2D eigenvalue weighted by Crippen LogP contribution is -2.41. The normalized spacial score (nSPS) is 14.0. The van der Waals surface area contributed by atoms with Crippen LogP contribution < -0.4 is 11.1 Å². The highest BCUT2D eigenvalue weighted by Crippen LogP contribution is 2.44. The van der Waals surface area contributed by atoms with Crippen molar-refractivity contribution >= 4 is 11.4 Å². The summed E-state index contributed by atoms with van der Waals surface area (Å²) in [5, 5.41) is 12.4. The molecule has 278 valence electrons. The molecular weight excluding hydrogens is 654 g/mol. The Balaban J connectivity index is 0.000000672. The first-order valence-electron chi connectivity index (χ1n) is 18.1. The number of nitrogens with two attached hydrogens (primary N) is 1. The molecule has 4 aromatic carbocycles. The van der Waals surface area contributed by atoms with Crippen LogP contribution in [0.1, 0.15) is 80.8 Å². The van der Waals surface area contributed by atoms with Gasteiger partial charge in [0.1, 0.15) is 0 Å². The Bertz CT molecular complexity index is 1740. The van der Waals surface area contributed by atoms with Gasteiger partial charge in [0.05, 0.1) is 17.2 Å². The van der Waals surface area contributed by atoms with Gasteiger partial charge >= 0.3 is 6.18 Å². The maximum Gasteiger partial charge on any atom is 0.417 e. The molecule has 4 nitrogen and oxygen atoms in total. The largest absolute Gasteiger partial charge is 0.417 e. The molecule has 5 rings (SSSR count). The number of alkyl halides is 3. The van der Waals surface area contributed by atoms with Gasteiger partial charge in [0, 0.05) is 22.5 Å². The molecule has 0 saturated carbocycles. The van der Waals surface area contributed by atoms with Crippen molar-refractivity contribution in [1.82, 2.24) is 4.90 Å². The lowest BCUT2D eigenvalue weighted by Gasteiger charge is -2.44. The molecule has 0 bridgehead atoms. The fourth-order valence-electron chi connectivity index (χ4n) is 6.21. The SMILES string of the molecule is C=C(N)c1ccc(-c2cccc(CC(C)(C(=C)Nc3ccc(C#N)c(C(F)(F)F)c3)C3CCN(C)CC3)c2)cc1.CC.CC.Cc1ccc(C)cc1. The van der Waals surface area contributed by atoms with Crippen molar-refractivity contribution in [3.63, 3.8) is 0 Å². The number of hydrogen-bond acceptors (Lipinski definition) is 4. The molecule has 1 aliphatic rings. The van der Waals surface area contributed by atoms with Gasteiger partial charge in [-0.25, -0.2) is 0 Å². The second-order valence-corrected chi connectivity index (χ2v) is 13.1. The fraction of sp³-hybridized carbons (Fsp3) is 0.356. The predicted octanol–water partition coefficient (Wildman–Crippen LogP) is 12.0. The maximum absolute atomic E-state index is 13.6. The number of anilines is 1. The molecule has 0 aromatic heterocycles. The number of nitrogens with zero attached hydrogens (tertiary/aromatic N) is 2. The highest BCUT2D eigenvalue weighted by molar-refractivity contribution is 5.68. The second kappa shape index (κ2) is 20.3. The Morgan fingerprint density at radius 1 is 0.846 bits per heavy atom. The first-order valence-corrected chi connectivity index (χ1v) is 18.1. The lowest BCUT2D eigenvalue weighted by atomic mass is 9.67. The standard InChI is InChI=1S/C33H35F3N4.C8H10.2C2H6/c1-22(38)25-8-10-26(11-9-25)27-7-5-6-24(18-27)20-32(3,29-14-16-40(4)17-15-29)23(2)39-30-13-12-28(21-37)31(19-30)33(34,35)36;1-7-3-5-8(2)6-4-7;2*1-2/h5-13,18-19,29,39H,1-2,14-17,20,38H2,3-4H3;3-6H,1-2H3;2*1-2H3. The van der Waals surface area contributed by atoms with Crippen molar-refractivity contribution in [2.24, 2.45) is 17.1 Å². The second-order valence-electron chi connectivity index (χ2n) is 13.1. The van der Waals surface area contributed by atoms with Gasteiger partial charge in [0.15, 0.2) is 0 Å². The lowest BCUT2D eigenvalue weighted by molar-refractivity contribution is -0.137. The number of likely N-dealkylation sites (tertiary alicyclic amines) is 1. The van der Waals surface area contributed by atoms with Gasteiger partial charge in [-0.05, 0) is 99.6 Å². The first-order chi connectivity index (χ1) is 24.7. The first kappa shape index (κ1) is 43.4. The van der Waals surface area contributed by atoms with E-state index in [1.54, 1.807) is 6.07 Å². The molecule has 1 fully saturated rings. The quantitative estimate of drug-likeness (QED) is 0.191. The van der Waals surface area contributed by atoms with Gasteiger partial charge in [0.25, 0.3) is 0 Å². The summed E-state index contributed by atoms with van der Waals surface area (Å²) in [5.41, 5.74) is 12.3. The number of nitrogens with one attached hydrogen (secondary N) is 1. The number of benzene rings is 4. The van der Waals surface area contributed by atoms with Crippen LogP contribution in [-0.4, -0.2) is 25.0 Å². The molecule has 7 heteroatoms. The maximum atomic E-state index is 13.6. The van der Waals surface area contributed by atoms with Crippen LogP contribution in [0.25, 0.3) is 16.8 Å². The summed E-state index contributed by atoms with van der Waals surface area (Å²) in [7, 11) is 2.10. The number of nitriles is 1. The van der Waals surface area contributed by atoms with Crippen LogP contribution in [0.4, 0.5) is 18.9 Å². The van der Waals surface area contributed by atoms with Crippen LogP contribution in [0.2, 0.25) is 0 Å². The minimum atomic E-state index is -4.63. The Kier molecular flexibility index (Phi) is 16.9. The zero-order valence-electron chi connectivity index (χ0n) is 32.3. The molecule has 0 radical (unpaired) electrons. The number of halogens is 3. The number of aryl methyl sites for hydroxylation is 2. The topological polar surface area (TPSA) is 65.1 Å². The molecule has 0 amide bonds. The Hall–Kier alpha value is -4.80. The summed E-state index contributed by atoms with van der Waals surface area (Å²) in [6.07, 6.45) is -2.05. The van der Waals surface area contributed by atoms with Crippen molar-refractivity contribution in [3.05, 3.63) is 143 Å². The van der Waals surface area contributed by atoms with E-state index in [-0.39, 0.29) is 11.6 Å². The zero-order valence-corrected chi connectivity index (χ0v) is 32.3. The summed E-state index contributed by atoms with van der Waals surface area (Å²) < 4.78 is 40.9. The predicted molar refractivity (Wildman–Crippen MR) is 215 cm³/mol. The van der Waals surface area contributed by atoms with Gasteiger partial charge in [-0.3, -0.25) is 0 Å². The summed E-state index contributed by atoms with van der Waals surface area (Å²) in [6.45, 7) is 24.4. The van der Waals surface area contributed by atoms with Crippen molar-refractivity contribution in [2.75, 3.05) is 25.5 Å². The molecule has 1 aliphatic heterocycles. The summed E-state index contributed by atoms with van der Waals surface area (Å²) in [6, 6.07) is 30.1. The van der Waals surface area contributed by atoms with Crippen LogP contribution in [0.5, 0.6) is 0 Å². The van der Waals surface area contributed by atoms with E-state index in [4.69, 9.17) is 5.73 Å². The van der Waals surface area contributed by atoms with E-state index in [1.807, 2.05) is 58.0 Å². The summed E-state index contributed by atoms with van der Waals surface area (Å²) in [5.74, 6) is 0.280. The van der Waals surface area contributed by atoms with E-state index in [1.165, 1.54) is 23.3 Å². The summed E-state index contributed by atoms with van der Waals surface area (Å²) >= 11 is 0. The van der Waals surface area contributed by atoms with Crippen LogP contribution in [-0.2, 0) is 12.6 Å². The third-order valence-corrected chi connectivity index (χ3v) is 9.36. The molecular formula is C45H57F3N4. The molecule has 52 heavy (non-hydrogen) atoms. The van der Waals surface area contributed by atoms with Crippen molar-refractivity contribution in [2.45, 2.75) is 73.9 Å². The van der Waals surface area contributed by atoms with Gasteiger partial charge < -0.3 is 16.0 Å². The van der Waals surface area contributed by atoms with Gasteiger partial charge in [-0.1, -0.05) is 132 Å². The molecule has 4 aromatic rings. The average Bonchev–Trinajstić information content (AvgIpc) is 3.14. The molecule has 0 aliphatic carbocycles. The smallest absolute Gasteiger partial charge is 0.399 e. The molecule has 0 spiro atoms. The van der Waals surface area contributed by atoms with Crippen molar-refractivity contribution in [3.8, 4) is 17.2 Å². The highest BCUT2D eigenvalue weighted by atomic mass is 19.4. The molecule has 1 heterocycles. The van der Waals surface area contributed by atoms with Crippen LogP contribution >= 0.6 is 0 Å². The molecule has 3 N–H and O–H groups in total. The van der Waals surface area contributed by atoms with E-state index >= 15 is 0 Å². The Morgan fingerprint density at radius 2 is 1.40 bits per heavy atom. The van der Waals surface area contributed by atoms with Crippen LogP contribution in [0.15, 0.2) is 110 Å².